The Bertz CT molecular complexity index is 376. The molecule has 10 heteroatoms. The number of alkyl halides is 5. The van der Waals surface area contributed by atoms with Gasteiger partial charge in [-0.15, -0.1) is 0 Å². The summed E-state index contributed by atoms with van der Waals surface area (Å²) in [5.74, 6) is -6.63. The Kier molecular flexibility index (Phi) is 3.71. The predicted octanol–water partition coefficient (Wildman–Crippen LogP) is 0.547. The van der Waals surface area contributed by atoms with Crippen LogP contribution >= 0.6 is 0 Å². The largest absolute Gasteiger partial charge is 0.454 e. The van der Waals surface area contributed by atoms with Crippen molar-refractivity contribution in [2.75, 3.05) is 18.8 Å². The van der Waals surface area contributed by atoms with E-state index in [1.54, 1.807) is 0 Å². The van der Waals surface area contributed by atoms with E-state index in [1.807, 2.05) is 0 Å². The van der Waals surface area contributed by atoms with E-state index >= 15 is 0 Å². The topological polar surface area (TPSA) is 63.4 Å². The zero-order valence-corrected chi connectivity index (χ0v) is 9.36. The van der Waals surface area contributed by atoms with Gasteiger partial charge in [-0.1, -0.05) is 0 Å². The first-order valence-electron chi connectivity index (χ1n) is 4.66. The highest BCUT2D eigenvalue weighted by atomic mass is 32.2. The van der Waals surface area contributed by atoms with Crippen LogP contribution in [0.25, 0.3) is 0 Å². The minimum atomic E-state index is -5.85. The molecule has 2 N–H and O–H groups in total. The van der Waals surface area contributed by atoms with Crippen LogP contribution in [-0.2, 0) is 10.0 Å². The molecule has 0 aromatic rings. The number of nitrogens with zero attached hydrogens (tertiary/aromatic N) is 1. The Hall–Kier alpha value is -0.480. The molecule has 1 atom stereocenters. The van der Waals surface area contributed by atoms with Crippen molar-refractivity contribution in [3.63, 3.8) is 0 Å². The molecule has 0 spiro atoms. The molecule has 0 saturated carbocycles. The van der Waals surface area contributed by atoms with Gasteiger partial charge >= 0.3 is 12.1 Å². The van der Waals surface area contributed by atoms with Gasteiger partial charge in [0, 0.05) is 13.1 Å². The van der Waals surface area contributed by atoms with E-state index in [4.69, 9.17) is 0 Å². The second-order valence-electron chi connectivity index (χ2n) is 3.76. The van der Waals surface area contributed by atoms with Gasteiger partial charge in [0.2, 0.25) is 10.0 Å². The normalized spacial score (nSPS) is 21.1. The summed E-state index contributed by atoms with van der Waals surface area (Å²) >= 11 is 0. The first-order chi connectivity index (χ1) is 7.48. The second-order valence-corrected chi connectivity index (χ2v) is 5.77. The lowest BCUT2D eigenvalue weighted by molar-refractivity contribution is -0.287. The lowest BCUT2D eigenvalue weighted by atomic mass is 10.2. The van der Waals surface area contributed by atoms with Gasteiger partial charge in [0.1, 0.15) is 0 Å². The van der Waals surface area contributed by atoms with Crippen molar-refractivity contribution in [2.24, 2.45) is 5.73 Å². The number of hydrogen-bond donors (Lipinski definition) is 1. The zero-order valence-electron chi connectivity index (χ0n) is 8.54. The fourth-order valence-electron chi connectivity index (χ4n) is 1.21. The highest BCUT2D eigenvalue weighted by molar-refractivity contribution is 7.89. The van der Waals surface area contributed by atoms with Crippen molar-refractivity contribution in [2.45, 2.75) is 24.6 Å². The summed E-state index contributed by atoms with van der Waals surface area (Å²) in [5.41, 5.74) is 4.66. The van der Waals surface area contributed by atoms with Crippen molar-refractivity contribution >= 4 is 10.0 Å². The van der Waals surface area contributed by atoms with E-state index in [0.29, 0.717) is 6.42 Å². The van der Waals surface area contributed by atoms with Crippen molar-refractivity contribution < 1.29 is 30.4 Å². The quantitative estimate of drug-likeness (QED) is 0.766. The van der Waals surface area contributed by atoms with Gasteiger partial charge in [0.25, 0.3) is 0 Å². The van der Waals surface area contributed by atoms with Crippen molar-refractivity contribution in [1.29, 1.82) is 0 Å². The summed E-state index contributed by atoms with van der Waals surface area (Å²) in [4.78, 5) is 0. The fourth-order valence-corrected chi connectivity index (χ4v) is 2.90. The second kappa shape index (κ2) is 4.32. The minimum absolute atomic E-state index is 0.132. The Morgan fingerprint density at radius 1 is 1.18 bits per heavy atom. The average Bonchev–Trinajstić information content (AvgIpc) is 1.95. The third-order valence-corrected chi connectivity index (χ3v) is 4.37. The van der Waals surface area contributed by atoms with Gasteiger partial charge in [0.05, 0.1) is 11.8 Å². The standard InChI is InChI=1S/C7H11F5N2O2S/c8-6(9,7(10,11)12)5(13)4-17(15,16)14-2-1-3-14/h5H,1-4,13H2. The lowest BCUT2D eigenvalue weighted by Gasteiger charge is -2.32. The third-order valence-electron chi connectivity index (χ3n) is 2.44. The zero-order chi connectivity index (χ0) is 13.5. The van der Waals surface area contributed by atoms with Gasteiger partial charge in [-0.05, 0) is 6.42 Å². The highest BCUT2D eigenvalue weighted by Gasteiger charge is 2.62. The Balaban J connectivity index is 2.75. The molecule has 1 fully saturated rings. The summed E-state index contributed by atoms with van der Waals surface area (Å²) in [5, 5.41) is 0. The summed E-state index contributed by atoms with van der Waals surface area (Å²) in [6.07, 6.45) is -5.29. The van der Waals surface area contributed by atoms with Crippen LogP contribution in [-0.4, -0.2) is 49.7 Å². The minimum Gasteiger partial charge on any atom is -0.321 e. The number of halogens is 5. The maximum absolute atomic E-state index is 12.7. The molecule has 1 heterocycles. The molecule has 1 rings (SSSR count). The number of rotatable bonds is 4. The first-order valence-corrected chi connectivity index (χ1v) is 6.27. The molecule has 0 aromatic carbocycles. The van der Waals surface area contributed by atoms with Crippen LogP contribution in [0.4, 0.5) is 22.0 Å². The Morgan fingerprint density at radius 2 is 1.65 bits per heavy atom. The molecule has 1 aliphatic heterocycles. The predicted molar refractivity (Wildman–Crippen MR) is 49.0 cm³/mol. The first kappa shape index (κ1) is 14.6. The molecular formula is C7H11F5N2O2S. The third kappa shape index (κ3) is 2.86. The molecule has 1 unspecified atom stereocenters. The lowest BCUT2D eigenvalue weighted by Crippen LogP contribution is -2.57. The Morgan fingerprint density at radius 3 is 1.94 bits per heavy atom. The maximum atomic E-state index is 12.7. The Labute approximate surface area is 94.6 Å². The molecule has 1 aliphatic rings. The average molecular weight is 282 g/mol. The van der Waals surface area contributed by atoms with Crippen LogP contribution in [0, 0.1) is 0 Å². The molecule has 0 aliphatic carbocycles. The monoisotopic (exact) mass is 282 g/mol. The SMILES string of the molecule is NC(CS(=O)(=O)N1CCC1)C(F)(F)C(F)(F)F. The smallest absolute Gasteiger partial charge is 0.321 e. The van der Waals surface area contributed by atoms with Crippen LogP contribution in [0.3, 0.4) is 0 Å². The van der Waals surface area contributed by atoms with Crippen LogP contribution in [0.15, 0.2) is 0 Å². The van der Waals surface area contributed by atoms with Gasteiger partial charge in [-0.2, -0.15) is 22.0 Å². The molecule has 102 valence electrons. The van der Waals surface area contributed by atoms with Crippen LogP contribution in [0.1, 0.15) is 6.42 Å². The summed E-state index contributed by atoms with van der Waals surface area (Å²) in [6.45, 7) is 0.263. The van der Waals surface area contributed by atoms with Crippen LogP contribution in [0.5, 0.6) is 0 Å². The van der Waals surface area contributed by atoms with E-state index in [-0.39, 0.29) is 13.1 Å². The summed E-state index contributed by atoms with van der Waals surface area (Å²) < 4.78 is 84.7. The van der Waals surface area contributed by atoms with Gasteiger partial charge < -0.3 is 5.73 Å². The van der Waals surface area contributed by atoms with E-state index in [1.165, 1.54) is 0 Å². The summed E-state index contributed by atoms with van der Waals surface area (Å²) in [6, 6.07) is -2.80. The number of nitrogens with two attached hydrogens (primary N) is 1. The van der Waals surface area contributed by atoms with Crippen LogP contribution in [0.2, 0.25) is 0 Å². The van der Waals surface area contributed by atoms with Crippen molar-refractivity contribution in [3.05, 3.63) is 0 Å². The molecule has 0 bridgehead atoms. The molecule has 1 saturated heterocycles. The van der Waals surface area contributed by atoms with Crippen molar-refractivity contribution in [3.8, 4) is 0 Å². The molecule has 0 aromatic heterocycles. The fraction of sp³-hybridized carbons (Fsp3) is 1.00. The molecular weight excluding hydrogens is 271 g/mol. The van der Waals surface area contributed by atoms with E-state index in [2.05, 4.69) is 5.73 Å². The van der Waals surface area contributed by atoms with Gasteiger partial charge in [-0.25, -0.2) is 12.7 Å². The van der Waals surface area contributed by atoms with E-state index in [0.717, 1.165) is 4.31 Å². The molecule has 0 amide bonds. The van der Waals surface area contributed by atoms with Crippen molar-refractivity contribution in [1.82, 2.24) is 4.31 Å². The molecule has 17 heavy (non-hydrogen) atoms. The number of hydrogen-bond acceptors (Lipinski definition) is 3. The maximum Gasteiger partial charge on any atom is 0.454 e. The molecule has 0 radical (unpaired) electrons. The molecule has 4 nitrogen and oxygen atoms in total. The van der Waals surface area contributed by atoms with Gasteiger partial charge in [0.15, 0.2) is 0 Å². The van der Waals surface area contributed by atoms with Gasteiger partial charge in [-0.3, -0.25) is 0 Å². The summed E-state index contributed by atoms with van der Waals surface area (Å²) in [7, 11) is -4.14. The van der Waals surface area contributed by atoms with E-state index in [9.17, 15) is 30.4 Å². The van der Waals surface area contributed by atoms with Crippen LogP contribution < -0.4 is 5.73 Å². The highest BCUT2D eigenvalue weighted by Crippen LogP contribution is 2.38. The number of sulfonamides is 1. The van der Waals surface area contributed by atoms with E-state index < -0.39 is 33.9 Å².